The van der Waals surface area contributed by atoms with Gasteiger partial charge in [0.2, 0.25) is 10.0 Å². The third kappa shape index (κ3) is 3.08. The molecule has 3 rings (SSSR count). The Kier molecular flexibility index (Phi) is 4.06. The third-order valence-corrected chi connectivity index (χ3v) is 6.11. The summed E-state index contributed by atoms with van der Waals surface area (Å²) in [7, 11) is -3.45. The van der Waals surface area contributed by atoms with E-state index in [1.165, 1.54) is 0 Å². The summed E-state index contributed by atoms with van der Waals surface area (Å²) in [4.78, 5) is 0.431. The predicted octanol–water partition coefficient (Wildman–Crippen LogP) is 3.66. The van der Waals surface area contributed by atoms with Crippen molar-refractivity contribution in [3.63, 3.8) is 0 Å². The van der Waals surface area contributed by atoms with Crippen molar-refractivity contribution < 1.29 is 8.42 Å². The van der Waals surface area contributed by atoms with Crippen LogP contribution in [0.1, 0.15) is 29.5 Å². The first-order valence-corrected chi connectivity index (χ1v) is 9.05. The van der Waals surface area contributed by atoms with Crippen molar-refractivity contribution in [2.24, 2.45) is 0 Å². The van der Waals surface area contributed by atoms with E-state index in [-0.39, 0.29) is 6.04 Å². The highest BCUT2D eigenvalue weighted by atomic mass is 32.2. The van der Waals surface area contributed by atoms with Crippen LogP contribution in [0, 0.1) is 13.8 Å². The zero-order chi connectivity index (χ0) is 15.7. The molecule has 0 amide bonds. The molecular formula is C18H21NO2S. The molecule has 0 atom stereocenters. The normalized spacial score (nSPS) is 15.2. The maximum Gasteiger partial charge on any atom is 0.243 e. The average Bonchev–Trinajstić information content (AvgIpc) is 3.29. The molecule has 0 heterocycles. The molecule has 2 aromatic rings. The first-order valence-electron chi connectivity index (χ1n) is 7.61. The maximum atomic E-state index is 13.1. The van der Waals surface area contributed by atoms with Crippen LogP contribution in [-0.2, 0) is 16.6 Å². The molecule has 1 aliphatic rings. The standard InChI is InChI=1S/C18H21NO2S/c1-14-8-11-18(15(2)12-14)22(20,21)19(17-9-10-17)13-16-6-4-3-5-7-16/h3-8,11-12,17H,9-10,13H2,1-2H3. The van der Waals surface area contributed by atoms with Gasteiger partial charge in [-0.25, -0.2) is 8.42 Å². The highest BCUT2D eigenvalue weighted by molar-refractivity contribution is 7.89. The summed E-state index contributed by atoms with van der Waals surface area (Å²) < 4.78 is 27.8. The number of aryl methyl sites for hydroxylation is 2. The third-order valence-electron chi connectivity index (χ3n) is 4.05. The number of hydrogen-bond donors (Lipinski definition) is 0. The molecule has 2 aromatic carbocycles. The minimum Gasteiger partial charge on any atom is -0.207 e. The lowest BCUT2D eigenvalue weighted by molar-refractivity contribution is 0.398. The van der Waals surface area contributed by atoms with Crippen LogP contribution < -0.4 is 0 Å². The smallest absolute Gasteiger partial charge is 0.207 e. The van der Waals surface area contributed by atoms with Crippen molar-refractivity contribution in [2.45, 2.75) is 44.2 Å². The van der Waals surface area contributed by atoms with E-state index in [1.807, 2.05) is 56.3 Å². The number of nitrogens with zero attached hydrogens (tertiary/aromatic N) is 1. The quantitative estimate of drug-likeness (QED) is 0.844. The van der Waals surface area contributed by atoms with Gasteiger partial charge in [-0.1, -0.05) is 48.0 Å². The number of hydrogen-bond acceptors (Lipinski definition) is 2. The largest absolute Gasteiger partial charge is 0.243 e. The first-order chi connectivity index (χ1) is 10.5. The molecule has 4 heteroatoms. The number of sulfonamides is 1. The Hall–Kier alpha value is -1.65. The van der Waals surface area contributed by atoms with Gasteiger partial charge in [0, 0.05) is 12.6 Å². The molecule has 0 bridgehead atoms. The van der Waals surface area contributed by atoms with Crippen LogP contribution in [-0.4, -0.2) is 18.8 Å². The fourth-order valence-electron chi connectivity index (χ4n) is 2.75. The van der Waals surface area contributed by atoms with Gasteiger partial charge in [-0.3, -0.25) is 0 Å². The Labute approximate surface area is 132 Å². The van der Waals surface area contributed by atoms with Gasteiger partial charge in [0.15, 0.2) is 0 Å². The Morgan fingerprint density at radius 3 is 2.32 bits per heavy atom. The lowest BCUT2D eigenvalue weighted by atomic mass is 10.2. The fraction of sp³-hybridized carbons (Fsp3) is 0.333. The Bertz CT molecular complexity index is 765. The average molecular weight is 315 g/mol. The molecule has 0 aliphatic heterocycles. The summed E-state index contributed by atoms with van der Waals surface area (Å²) in [6.07, 6.45) is 1.91. The van der Waals surface area contributed by atoms with Crippen LogP contribution in [0.25, 0.3) is 0 Å². The molecule has 0 saturated heterocycles. The highest BCUT2D eigenvalue weighted by Crippen LogP contribution is 2.34. The second-order valence-corrected chi connectivity index (χ2v) is 7.89. The zero-order valence-electron chi connectivity index (χ0n) is 13.0. The van der Waals surface area contributed by atoms with Gasteiger partial charge in [-0.15, -0.1) is 0 Å². The van der Waals surface area contributed by atoms with Crippen LogP contribution in [0.5, 0.6) is 0 Å². The van der Waals surface area contributed by atoms with Crippen molar-refractivity contribution >= 4 is 10.0 Å². The van der Waals surface area contributed by atoms with E-state index in [0.717, 1.165) is 29.5 Å². The zero-order valence-corrected chi connectivity index (χ0v) is 13.8. The van der Waals surface area contributed by atoms with Crippen molar-refractivity contribution in [3.05, 3.63) is 65.2 Å². The van der Waals surface area contributed by atoms with Gasteiger partial charge >= 0.3 is 0 Å². The van der Waals surface area contributed by atoms with Gasteiger partial charge < -0.3 is 0 Å². The van der Waals surface area contributed by atoms with E-state index in [1.54, 1.807) is 10.4 Å². The lowest BCUT2D eigenvalue weighted by Crippen LogP contribution is -2.33. The molecule has 3 nitrogen and oxygen atoms in total. The summed E-state index contributed by atoms with van der Waals surface area (Å²) >= 11 is 0. The van der Waals surface area contributed by atoms with Crippen LogP contribution in [0.4, 0.5) is 0 Å². The van der Waals surface area contributed by atoms with E-state index in [0.29, 0.717) is 11.4 Å². The minimum atomic E-state index is -3.45. The van der Waals surface area contributed by atoms with Crippen LogP contribution in [0.15, 0.2) is 53.4 Å². The molecule has 116 valence electrons. The number of benzene rings is 2. The first kappa shape index (κ1) is 15.3. The van der Waals surface area contributed by atoms with Crippen LogP contribution in [0.3, 0.4) is 0 Å². The molecule has 1 fully saturated rings. The summed E-state index contributed by atoms with van der Waals surface area (Å²) in [5.41, 5.74) is 2.93. The van der Waals surface area contributed by atoms with Gasteiger partial charge in [0.05, 0.1) is 4.90 Å². The molecule has 0 radical (unpaired) electrons. The second kappa shape index (κ2) is 5.86. The molecule has 0 N–H and O–H groups in total. The maximum absolute atomic E-state index is 13.1. The van der Waals surface area contributed by atoms with Gasteiger partial charge in [0.25, 0.3) is 0 Å². The van der Waals surface area contributed by atoms with E-state index in [9.17, 15) is 8.42 Å². The van der Waals surface area contributed by atoms with Crippen molar-refractivity contribution in [1.29, 1.82) is 0 Å². The summed E-state index contributed by atoms with van der Waals surface area (Å²) in [6, 6.07) is 15.5. The molecular weight excluding hydrogens is 294 g/mol. The number of rotatable bonds is 5. The van der Waals surface area contributed by atoms with E-state index in [2.05, 4.69) is 0 Å². The van der Waals surface area contributed by atoms with E-state index in [4.69, 9.17) is 0 Å². The lowest BCUT2D eigenvalue weighted by Gasteiger charge is -2.23. The summed E-state index contributed by atoms with van der Waals surface area (Å²) in [5.74, 6) is 0. The summed E-state index contributed by atoms with van der Waals surface area (Å²) in [5, 5.41) is 0. The Balaban J connectivity index is 1.96. The topological polar surface area (TPSA) is 37.4 Å². The molecule has 1 saturated carbocycles. The molecule has 1 aliphatic carbocycles. The van der Waals surface area contributed by atoms with E-state index < -0.39 is 10.0 Å². The van der Waals surface area contributed by atoms with Crippen molar-refractivity contribution in [2.75, 3.05) is 0 Å². The van der Waals surface area contributed by atoms with Crippen LogP contribution >= 0.6 is 0 Å². The predicted molar refractivity (Wildman–Crippen MR) is 88.1 cm³/mol. The van der Waals surface area contributed by atoms with Gasteiger partial charge in [-0.2, -0.15) is 4.31 Å². The monoisotopic (exact) mass is 315 g/mol. The van der Waals surface area contributed by atoms with Crippen molar-refractivity contribution in [3.8, 4) is 0 Å². The second-order valence-electron chi connectivity index (χ2n) is 6.04. The Morgan fingerprint density at radius 2 is 1.73 bits per heavy atom. The SMILES string of the molecule is Cc1ccc(S(=O)(=O)N(Cc2ccccc2)C2CC2)c(C)c1. The molecule has 22 heavy (non-hydrogen) atoms. The van der Waals surface area contributed by atoms with Crippen molar-refractivity contribution in [1.82, 2.24) is 4.31 Å². The Morgan fingerprint density at radius 1 is 1.05 bits per heavy atom. The minimum absolute atomic E-state index is 0.144. The highest BCUT2D eigenvalue weighted by Gasteiger charge is 2.38. The summed E-state index contributed by atoms with van der Waals surface area (Å²) in [6.45, 7) is 4.29. The van der Waals surface area contributed by atoms with E-state index >= 15 is 0 Å². The van der Waals surface area contributed by atoms with Gasteiger partial charge in [0.1, 0.15) is 0 Å². The molecule has 0 spiro atoms. The fourth-order valence-corrected chi connectivity index (χ4v) is 4.63. The molecule has 0 aromatic heterocycles. The molecule has 0 unspecified atom stereocenters. The van der Waals surface area contributed by atoms with Crippen LogP contribution in [0.2, 0.25) is 0 Å². The van der Waals surface area contributed by atoms with Gasteiger partial charge in [-0.05, 0) is 43.9 Å².